The zero-order valence-corrected chi connectivity index (χ0v) is 23.8. The second kappa shape index (κ2) is 13.4. The number of unbranched alkanes of at least 4 members (excludes halogenated alkanes) is 3. The first-order valence-electron chi connectivity index (χ1n) is 12.3. The van der Waals surface area contributed by atoms with Gasteiger partial charge in [-0.25, -0.2) is 0 Å². The zero-order chi connectivity index (χ0) is 22.7. The van der Waals surface area contributed by atoms with Crippen molar-refractivity contribution in [3.63, 3.8) is 0 Å². The van der Waals surface area contributed by atoms with Gasteiger partial charge in [0.1, 0.15) is 0 Å². The van der Waals surface area contributed by atoms with Gasteiger partial charge in [0.15, 0.2) is 0 Å². The summed E-state index contributed by atoms with van der Waals surface area (Å²) in [6.45, 7) is 9.95. The number of hydrogen-bond donors (Lipinski definition) is 0. The van der Waals surface area contributed by atoms with Gasteiger partial charge >= 0.3 is 196 Å². The van der Waals surface area contributed by atoms with Crippen LogP contribution in [0.3, 0.4) is 0 Å². The molecule has 1 aromatic rings. The molecule has 1 aromatic carbocycles. The first kappa shape index (κ1) is 26.9. The maximum atomic E-state index is 13.4. The molecule has 1 heterocycles. The molecule has 1 aliphatic rings. The normalized spacial score (nSPS) is 18.6. The molecule has 0 aromatic heterocycles. The van der Waals surface area contributed by atoms with Crippen LogP contribution in [0.4, 0.5) is 0 Å². The Morgan fingerprint density at radius 3 is 2.06 bits per heavy atom. The van der Waals surface area contributed by atoms with Crippen molar-refractivity contribution in [1.82, 2.24) is 4.31 Å². The molecule has 1 aliphatic heterocycles. The topological polar surface area (TPSA) is 46.6 Å². The van der Waals surface area contributed by atoms with E-state index >= 15 is 0 Å². The summed E-state index contributed by atoms with van der Waals surface area (Å²) >= 11 is -2.49. The molecular weight excluding hydrogens is 513 g/mol. The maximum absolute atomic E-state index is 13.4. The molecule has 176 valence electrons. The van der Waals surface area contributed by atoms with Crippen LogP contribution < -0.4 is 0 Å². The van der Waals surface area contributed by atoms with Crippen molar-refractivity contribution in [1.29, 1.82) is 0 Å². The van der Waals surface area contributed by atoms with Gasteiger partial charge in [-0.05, 0) is 0 Å². The molecule has 1 saturated heterocycles. The van der Waals surface area contributed by atoms with Crippen molar-refractivity contribution < 1.29 is 13.2 Å². The molecule has 31 heavy (non-hydrogen) atoms. The second-order valence-electron chi connectivity index (χ2n) is 9.08. The van der Waals surface area contributed by atoms with Gasteiger partial charge in [-0.3, -0.25) is 0 Å². The molecule has 1 fully saturated rings. The van der Waals surface area contributed by atoms with Gasteiger partial charge < -0.3 is 0 Å². The fraction of sp³-hybridized carbons (Fsp3) is 0.680. The Morgan fingerprint density at radius 1 is 1.00 bits per heavy atom. The molecule has 4 nitrogen and oxygen atoms in total. The van der Waals surface area contributed by atoms with Gasteiger partial charge in [-0.1, -0.05) is 0 Å². The van der Waals surface area contributed by atoms with E-state index in [0.29, 0.717) is 18.0 Å². The van der Waals surface area contributed by atoms with Crippen molar-refractivity contribution in [3.8, 4) is 0 Å². The summed E-state index contributed by atoms with van der Waals surface area (Å²) < 4.78 is 41.0. The van der Waals surface area contributed by atoms with Crippen LogP contribution in [0.15, 0.2) is 39.3 Å². The Hall–Kier alpha value is -0.371. The number of aryl methyl sites for hydroxylation is 1. The van der Waals surface area contributed by atoms with Crippen LogP contribution in [0.5, 0.6) is 0 Å². The van der Waals surface area contributed by atoms with Crippen molar-refractivity contribution in [2.75, 3.05) is 13.2 Å². The predicted molar refractivity (Wildman–Crippen MR) is 133 cm³/mol. The van der Waals surface area contributed by atoms with Crippen molar-refractivity contribution in [2.45, 2.75) is 97.1 Å². The fourth-order valence-corrected chi connectivity index (χ4v) is 20.2. The van der Waals surface area contributed by atoms with E-state index in [-0.39, 0.29) is 0 Å². The third kappa shape index (κ3) is 7.86. The average Bonchev–Trinajstić information content (AvgIpc) is 2.78. The summed E-state index contributed by atoms with van der Waals surface area (Å²) in [6, 6.07) is 7.16. The van der Waals surface area contributed by atoms with Gasteiger partial charge in [-0.15, -0.1) is 0 Å². The molecular formula is C25H43NO3SSn. The average molecular weight is 556 g/mol. The zero-order valence-electron chi connectivity index (χ0n) is 20.1. The number of rotatable bonds is 13. The van der Waals surface area contributed by atoms with Crippen LogP contribution in [0, 0.1) is 6.92 Å². The second-order valence-corrected chi connectivity index (χ2v) is 24.0. The van der Waals surface area contributed by atoms with Gasteiger partial charge in [0.2, 0.25) is 0 Å². The standard InChI is InChI=1S/C13H16NO3S.3C4H9.Sn/c1-3-13-14(9-4-10-17-13)18(15,16)12-7-5-11(2)6-8-12;3*1-3-4-2;/h1,3,5-8,13H,4,9-10H2,2H3;3*1,3-4H2,2H3;. The molecule has 0 N–H and O–H groups in total. The summed E-state index contributed by atoms with van der Waals surface area (Å²) in [5.41, 5.74) is 1.06. The molecule has 6 heteroatoms. The fourth-order valence-electron chi connectivity index (χ4n) is 4.39. The van der Waals surface area contributed by atoms with E-state index in [4.69, 9.17) is 4.74 Å². The van der Waals surface area contributed by atoms with E-state index in [2.05, 4.69) is 30.9 Å². The molecule has 0 aliphatic carbocycles. The number of hydrogen-bond acceptors (Lipinski definition) is 3. The molecule has 0 spiro atoms. The minimum atomic E-state index is -3.57. The van der Waals surface area contributed by atoms with Gasteiger partial charge in [0, 0.05) is 0 Å². The molecule has 1 atom stereocenters. The Morgan fingerprint density at radius 2 is 1.55 bits per heavy atom. The summed E-state index contributed by atoms with van der Waals surface area (Å²) in [5, 5.41) is 0. The summed E-state index contributed by atoms with van der Waals surface area (Å²) in [6.07, 6.45) is 10.0. The van der Waals surface area contributed by atoms with Crippen molar-refractivity contribution in [3.05, 3.63) is 40.0 Å². The summed E-state index contributed by atoms with van der Waals surface area (Å²) in [5.74, 6) is 0. The SMILES string of the molecule is CCC[CH2][Sn](/[CH]=C/C1OCCCN1S(=O)(=O)c1ccc(C)cc1)([CH2]CCC)[CH2]CCC. The van der Waals surface area contributed by atoms with Crippen LogP contribution in [-0.2, 0) is 14.8 Å². The van der Waals surface area contributed by atoms with E-state index in [1.807, 2.05) is 19.1 Å². The van der Waals surface area contributed by atoms with E-state index in [1.54, 1.807) is 16.4 Å². The summed E-state index contributed by atoms with van der Waals surface area (Å²) in [7, 11) is -3.57. The van der Waals surface area contributed by atoms with Gasteiger partial charge in [0.05, 0.1) is 0 Å². The van der Waals surface area contributed by atoms with Crippen LogP contribution >= 0.6 is 0 Å². The van der Waals surface area contributed by atoms with Crippen LogP contribution in [0.1, 0.15) is 71.3 Å². The molecule has 2 rings (SSSR count). The van der Waals surface area contributed by atoms with E-state index < -0.39 is 34.6 Å². The van der Waals surface area contributed by atoms with E-state index in [0.717, 1.165) is 12.0 Å². The third-order valence-corrected chi connectivity index (χ3v) is 22.4. The Labute approximate surface area is 195 Å². The van der Waals surface area contributed by atoms with Crippen LogP contribution in [0.25, 0.3) is 0 Å². The van der Waals surface area contributed by atoms with E-state index in [1.165, 1.54) is 51.8 Å². The quantitative estimate of drug-likeness (QED) is 0.255. The van der Waals surface area contributed by atoms with Gasteiger partial charge in [-0.2, -0.15) is 0 Å². The minimum absolute atomic E-state index is 0.361. The molecule has 0 radical (unpaired) electrons. The van der Waals surface area contributed by atoms with Crippen molar-refractivity contribution in [2.24, 2.45) is 0 Å². The number of sulfonamides is 1. The van der Waals surface area contributed by atoms with Crippen LogP contribution in [0.2, 0.25) is 13.3 Å². The van der Waals surface area contributed by atoms with Gasteiger partial charge in [0.25, 0.3) is 0 Å². The first-order valence-corrected chi connectivity index (χ1v) is 21.4. The number of nitrogens with zero attached hydrogens (tertiary/aromatic N) is 1. The molecule has 1 unspecified atom stereocenters. The predicted octanol–water partition coefficient (Wildman–Crippen LogP) is 6.68. The molecule has 0 amide bonds. The Balaban J connectivity index is 2.31. The summed E-state index contributed by atoms with van der Waals surface area (Å²) in [4.78, 5) is 0.361. The first-order chi connectivity index (χ1) is 14.9. The molecule has 0 bridgehead atoms. The third-order valence-electron chi connectivity index (χ3n) is 6.42. The monoisotopic (exact) mass is 557 g/mol. The number of ether oxygens (including phenoxy) is 1. The number of benzene rings is 1. The van der Waals surface area contributed by atoms with Crippen LogP contribution in [-0.4, -0.2) is 50.5 Å². The molecule has 0 saturated carbocycles. The Bertz CT molecular complexity index is 755. The Kier molecular flexibility index (Phi) is 11.6. The van der Waals surface area contributed by atoms with E-state index in [9.17, 15) is 8.42 Å². The van der Waals surface area contributed by atoms with Crippen molar-refractivity contribution >= 4 is 28.4 Å².